The summed E-state index contributed by atoms with van der Waals surface area (Å²) in [7, 11) is 2.03. The number of anilines is 1. The molecule has 0 radical (unpaired) electrons. The van der Waals surface area contributed by atoms with Crippen LogP contribution in [0, 0.1) is 0 Å². The lowest BCUT2D eigenvalue weighted by molar-refractivity contribution is 0.300. The van der Waals surface area contributed by atoms with Crippen molar-refractivity contribution in [3.05, 3.63) is 29.8 Å². The molecule has 120 valence electrons. The number of nitrogens with one attached hydrogen (secondary N) is 1. The van der Waals surface area contributed by atoms with Gasteiger partial charge in [-0.2, -0.15) is 0 Å². The van der Waals surface area contributed by atoms with E-state index in [2.05, 4.69) is 67.1 Å². The number of benzene rings is 1. The van der Waals surface area contributed by atoms with Gasteiger partial charge in [0.05, 0.1) is 0 Å². The molecule has 0 bridgehead atoms. The third-order valence-electron chi connectivity index (χ3n) is 4.36. The Labute approximate surface area is 131 Å². The minimum Gasteiger partial charge on any atom is -0.371 e. The molecule has 1 atom stereocenters. The van der Waals surface area contributed by atoms with Crippen LogP contribution in [-0.4, -0.2) is 44.7 Å². The predicted molar refractivity (Wildman–Crippen MR) is 94.2 cm³/mol. The van der Waals surface area contributed by atoms with E-state index in [9.17, 15) is 0 Å². The van der Waals surface area contributed by atoms with Crippen molar-refractivity contribution >= 4 is 5.69 Å². The molecule has 1 N–H and O–H groups in total. The van der Waals surface area contributed by atoms with E-state index < -0.39 is 0 Å². The summed E-state index contributed by atoms with van der Waals surface area (Å²) >= 11 is 0. The van der Waals surface area contributed by atoms with Gasteiger partial charge >= 0.3 is 0 Å². The van der Waals surface area contributed by atoms with Crippen LogP contribution in [0.4, 0.5) is 5.69 Å². The summed E-state index contributed by atoms with van der Waals surface area (Å²) in [5.41, 5.74) is 2.77. The highest BCUT2D eigenvalue weighted by Gasteiger charge is 2.13. The fourth-order valence-electron chi connectivity index (χ4n) is 2.77. The molecule has 1 aromatic carbocycles. The Morgan fingerprint density at radius 2 is 1.67 bits per heavy atom. The van der Waals surface area contributed by atoms with Crippen LogP contribution in [0.15, 0.2) is 24.3 Å². The third kappa shape index (κ3) is 5.33. The topological polar surface area (TPSA) is 18.5 Å². The highest BCUT2D eigenvalue weighted by atomic mass is 15.1. The molecule has 0 saturated carbocycles. The van der Waals surface area contributed by atoms with Gasteiger partial charge in [-0.15, -0.1) is 0 Å². The Hall–Kier alpha value is -1.06. The highest BCUT2D eigenvalue weighted by molar-refractivity contribution is 5.54. The smallest absolute Gasteiger partial charge is 0.0414 e. The molecule has 0 aliphatic carbocycles. The molecular weight excluding hydrogens is 258 g/mol. The lowest BCUT2D eigenvalue weighted by atomic mass is 10.0. The van der Waals surface area contributed by atoms with Crippen molar-refractivity contribution in [2.45, 2.75) is 40.2 Å². The van der Waals surface area contributed by atoms with E-state index in [1.165, 1.54) is 24.2 Å². The quantitative estimate of drug-likeness (QED) is 0.711. The van der Waals surface area contributed by atoms with Gasteiger partial charge in [-0.3, -0.25) is 0 Å². The molecule has 1 aromatic rings. The van der Waals surface area contributed by atoms with Gasteiger partial charge in [-0.25, -0.2) is 0 Å². The van der Waals surface area contributed by atoms with Gasteiger partial charge in [0.2, 0.25) is 0 Å². The van der Waals surface area contributed by atoms with Gasteiger partial charge in [0.25, 0.3) is 0 Å². The van der Waals surface area contributed by atoms with Crippen LogP contribution in [0.3, 0.4) is 0 Å². The number of para-hydroxylation sites is 1. The molecule has 3 heteroatoms. The van der Waals surface area contributed by atoms with Crippen molar-refractivity contribution in [3.63, 3.8) is 0 Å². The van der Waals surface area contributed by atoms with E-state index in [-0.39, 0.29) is 0 Å². The van der Waals surface area contributed by atoms with Crippen LogP contribution in [0.1, 0.15) is 45.7 Å². The van der Waals surface area contributed by atoms with E-state index in [0.717, 1.165) is 26.2 Å². The zero-order valence-corrected chi connectivity index (χ0v) is 14.5. The van der Waals surface area contributed by atoms with Crippen LogP contribution in [0.5, 0.6) is 0 Å². The average molecular weight is 291 g/mol. The van der Waals surface area contributed by atoms with Crippen molar-refractivity contribution in [2.24, 2.45) is 0 Å². The fourth-order valence-corrected chi connectivity index (χ4v) is 2.77. The average Bonchev–Trinajstić information content (AvgIpc) is 2.54. The van der Waals surface area contributed by atoms with E-state index in [1.54, 1.807) is 0 Å². The number of rotatable bonds is 10. The SMILES string of the molecule is CCN(CC)CCCN(CC)c1ccccc1C(C)NC. The van der Waals surface area contributed by atoms with Crippen molar-refractivity contribution in [2.75, 3.05) is 44.7 Å². The first-order valence-electron chi connectivity index (χ1n) is 8.41. The predicted octanol–water partition coefficient (Wildman–Crippen LogP) is 3.53. The Kier molecular flexibility index (Phi) is 8.40. The zero-order chi connectivity index (χ0) is 15.7. The van der Waals surface area contributed by atoms with E-state index in [0.29, 0.717) is 6.04 Å². The molecule has 0 spiro atoms. The van der Waals surface area contributed by atoms with E-state index in [1.807, 2.05) is 7.05 Å². The molecule has 0 fully saturated rings. The Balaban J connectivity index is 2.72. The molecule has 0 heterocycles. The van der Waals surface area contributed by atoms with Gasteiger partial charge < -0.3 is 15.1 Å². The van der Waals surface area contributed by atoms with Gasteiger partial charge in [0, 0.05) is 24.8 Å². The molecule has 1 unspecified atom stereocenters. The molecule has 0 saturated heterocycles. The van der Waals surface area contributed by atoms with Crippen molar-refractivity contribution in [1.29, 1.82) is 0 Å². The summed E-state index contributed by atoms with van der Waals surface area (Å²) in [6, 6.07) is 9.16. The minimum atomic E-state index is 0.387. The number of nitrogens with zero attached hydrogens (tertiary/aromatic N) is 2. The second-order valence-electron chi connectivity index (χ2n) is 5.53. The molecular formula is C18H33N3. The standard InChI is InChI=1S/C18H33N3/c1-6-20(7-2)14-11-15-21(8-3)18-13-10-9-12-17(18)16(4)19-5/h9-10,12-13,16,19H,6-8,11,14-15H2,1-5H3. The van der Waals surface area contributed by atoms with Crippen LogP contribution < -0.4 is 10.2 Å². The number of hydrogen-bond donors (Lipinski definition) is 1. The Morgan fingerprint density at radius 1 is 1.00 bits per heavy atom. The molecule has 0 aliphatic rings. The van der Waals surface area contributed by atoms with Crippen LogP contribution in [-0.2, 0) is 0 Å². The zero-order valence-electron chi connectivity index (χ0n) is 14.5. The normalized spacial score (nSPS) is 12.7. The van der Waals surface area contributed by atoms with Crippen LogP contribution in [0.25, 0.3) is 0 Å². The van der Waals surface area contributed by atoms with E-state index >= 15 is 0 Å². The van der Waals surface area contributed by atoms with Crippen LogP contribution in [0.2, 0.25) is 0 Å². The largest absolute Gasteiger partial charge is 0.371 e. The van der Waals surface area contributed by atoms with Crippen molar-refractivity contribution in [1.82, 2.24) is 10.2 Å². The van der Waals surface area contributed by atoms with Gasteiger partial charge in [0.1, 0.15) is 0 Å². The molecule has 21 heavy (non-hydrogen) atoms. The summed E-state index contributed by atoms with van der Waals surface area (Å²) in [4.78, 5) is 5.00. The van der Waals surface area contributed by atoms with Gasteiger partial charge in [-0.05, 0) is 58.6 Å². The monoisotopic (exact) mass is 291 g/mol. The third-order valence-corrected chi connectivity index (χ3v) is 4.36. The van der Waals surface area contributed by atoms with Gasteiger partial charge in [0.15, 0.2) is 0 Å². The first kappa shape index (κ1) is 18.0. The maximum absolute atomic E-state index is 3.36. The number of hydrogen-bond acceptors (Lipinski definition) is 3. The molecule has 0 amide bonds. The molecule has 0 aliphatic heterocycles. The Bertz CT molecular complexity index is 388. The van der Waals surface area contributed by atoms with E-state index in [4.69, 9.17) is 0 Å². The lowest BCUT2D eigenvalue weighted by Gasteiger charge is -2.29. The van der Waals surface area contributed by atoms with Gasteiger partial charge in [-0.1, -0.05) is 32.0 Å². The summed E-state index contributed by atoms with van der Waals surface area (Å²) in [5.74, 6) is 0. The maximum Gasteiger partial charge on any atom is 0.0414 e. The summed E-state index contributed by atoms with van der Waals surface area (Å²) < 4.78 is 0. The maximum atomic E-state index is 3.36. The molecule has 0 aromatic heterocycles. The second kappa shape index (κ2) is 9.80. The van der Waals surface area contributed by atoms with Crippen LogP contribution >= 0.6 is 0 Å². The minimum absolute atomic E-state index is 0.387. The highest BCUT2D eigenvalue weighted by Crippen LogP contribution is 2.26. The van der Waals surface area contributed by atoms with Crippen molar-refractivity contribution in [3.8, 4) is 0 Å². The Morgan fingerprint density at radius 3 is 2.24 bits per heavy atom. The first-order valence-corrected chi connectivity index (χ1v) is 8.41. The van der Waals surface area contributed by atoms with Crippen molar-refractivity contribution < 1.29 is 0 Å². The summed E-state index contributed by atoms with van der Waals surface area (Å²) in [6.07, 6.45) is 1.22. The summed E-state index contributed by atoms with van der Waals surface area (Å²) in [5, 5.41) is 3.36. The molecule has 3 nitrogen and oxygen atoms in total. The lowest BCUT2D eigenvalue weighted by Crippen LogP contribution is -2.31. The molecule has 1 rings (SSSR count). The summed E-state index contributed by atoms with van der Waals surface area (Å²) in [6.45, 7) is 14.6. The fraction of sp³-hybridized carbons (Fsp3) is 0.667. The first-order chi connectivity index (χ1) is 10.2. The second-order valence-corrected chi connectivity index (χ2v) is 5.53.